The predicted octanol–water partition coefficient (Wildman–Crippen LogP) is 1.07. The van der Waals surface area contributed by atoms with Gasteiger partial charge in [0.1, 0.15) is 5.82 Å². The molecule has 3 heteroatoms. The van der Waals surface area contributed by atoms with Crippen LogP contribution < -0.4 is 0 Å². The molecule has 0 radical (unpaired) electrons. The van der Waals surface area contributed by atoms with E-state index in [0.29, 0.717) is 12.5 Å². The van der Waals surface area contributed by atoms with E-state index < -0.39 is 0 Å². The van der Waals surface area contributed by atoms with Crippen molar-refractivity contribution < 1.29 is 5.11 Å². The number of imidazole rings is 1. The highest BCUT2D eigenvalue weighted by molar-refractivity contribution is 4.93. The molecule has 0 aliphatic rings. The highest BCUT2D eigenvalue weighted by Gasteiger charge is 2.03. The molecule has 0 saturated heterocycles. The highest BCUT2D eigenvalue weighted by atomic mass is 16.3. The van der Waals surface area contributed by atoms with Gasteiger partial charge in [-0.25, -0.2) is 4.98 Å². The van der Waals surface area contributed by atoms with E-state index in [0.717, 1.165) is 12.2 Å². The molecule has 3 nitrogen and oxygen atoms in total. The van der Waals surface area contributed by atoms with Gasteiger partial charge in [-0.1, -0.05) is 13.8 Å². The van der Waals surface area contributed by atoms with Crippen molar-refractivity contribution in [3.63, 3.8) is 0 Å². The van der Waals surface area contributed by atoms with Crippen molar-refractivity contribution in [2.45, 2.75) is 26.8 Å². The van der Waals surface area contributed by atoms with Gasteiger partial charge in [-0.3, -0.25) is 0 Å². The van der Waals surface area contributed by atoms with Crippen LogP contribution >= 0.6 is 0 Å². The van der Waals surface area contributed by atoms with Crippen molar-refractivity contribution in [3.05, 3.63) is 18.2 Å². The second-order valence-electron chi connectivity index (χ2n) is 3.36. The van der Waals surface area contributed by atoms with Crippen LogP contribution in [0.15, 0.2) is 12.4 Å². The summed E-state index contributed by atoms with van der Waals surface area (Å²) in [6.07, 6.45) is 4.67. The minimum Gasteiger partial charge on any atom is -0.395 e. The molecule has 1 aromatic rings. The molecule has 0 bridgehead atoms. The number of hydrogen-bond donors (Lipinski definition) is 1. The summed E-state index contributed by atoms with van der Waals surface area (Å²) in [5.41, 5.74) is 0. The zero-order chi connectivity index (χ0) is 8.97. The third kappa shape index (κ3) is 2.34. The maximum atomic E-state index is 8.75. The Hall–Kier alpha value is -0.830. The molecule has 0 fully saturated rings. The van der Waals surface area contributed by atoms with Gasteiger partial charge in [0.15, 0.2) is 0 Å². The highest BCUT2D eigenvalue weighted by Crippen LogP contribution is 2.05. The van der Waals surface area contributed by atoms with Crippen LogP contribution in [0, 0.1) is 5.92 Å². The van der Waals surface area contributed by atoms with Gasteiger partial charge in [0.2, 0.25) is 0 Å². The average molecular weight is 168 g/mol. The number of aliphatic hydroxyl groups is 1. The van der Waals surface area contributed by atoms with Gasteiger partial charge in [-0.05, 0) is 5.92 Å². The fraction of sp³-hybridized carbons (Fsp3) is 0.667. The van der Waals surface area contributed by atoms with Crippen molar-refractivity contribution in [1.29, 1.82) is 0 Å². The molecule has 68 valence electrons. The molecule has 0 unspecified atom stereocenters. The monoisotopic (exact) mass is 168 g/mol. The molecule has 0 saturated carbocycles. The van der Waals surface area contributed by atoms with Crippen molar-refractivity contribution in [2.24, 2.45) is 5.92 Å². The Labute approximate surface area is 73.1 Å². The summed E-state index contributed by atoms with van der Waals surface area (Å²) < 4.78 is 2.00. The molecular formula is C9H16N2O. The first-order valence-corrected chi connectivity index (χ1v) is 4.35. The summed E-state index contributed by atoms with van der Waals surface area (Å²) in [6, 6.07) is 0. The number of aliphatic hydroxyl groups excluding tert-OH is 1. The lowest BCUT2D eigenvalue weighted by atomic mass is 10.1. The SMILES string of the molecule is CC(C)Cc1nccn1CCO. The molecule has 1 N–H and O–H groups in total. The first-order chi connectivity index (χ1) is 5.74. The van der Waals surface area contributed by atoms with E-state index >= 15 is 0 Å². The number of rotatable bonds is 4. The Balaban J connectivity index is 2.63. The molecule has 1 heterocycles. The van der Waals surface area contributed by atoms with Crippen LogP contribution in [0.5, 0.6) is 0 Å². The fourth-order valence-corrected chi connectivity index (χ4v) is 1.21. The molecule has 1 aromatic heterocycles. The van der Waals surface area contributed by atoms with Gasteiger partial charge in [-0.2, -0.15) is 0 Å². The number of hydrogen-bond acceptors (Lipinski definition) is 2. The van der Waals surface area contributed by atoms with Gasteiger partial charge in [0.25, 0.3) is 0 Å². The summed E-state index contributed by atoms with van der Waals surface area (Å²) in [4.78, 5) is 4.23. The second-order valence-corrected chi connectivity index (χ2v) is 3.36. The first-order valence-electron chi connectivity index (χ1n) is 4.35. The Morgan fingerprint density at radius 3 is 2.92 bits per heavy atom. The van der Waals surface area contributed by atoms with Crippen molar-refractivity contribution in [3.8, 4) is 0 Å². The van der Waals surface area contributed by atoms with E-state index in [1.54, 1.807) is 6.20 Å². The summed E-state index contributed by atoms with van der Waals surface area (Å²) in [5, 5.41) is 8.75. The van der Waals surface area contributed by atoms with Crippen LogP contribution in [0.3, 0.4) is 0 Å². The van der Waals surface area contributed by atoms with Crippen molar-refractivity contribution in [1.82, 2.24) is 9.55 Å². The van der Waals surface area contributed by atoms with Crippen LogP contribution in [0.25, 0.3) is 0 Å². The largest absolute Gasteiger partial charge is 0.395 e. The van der Waals surface area contributed by atoms with E-state index in [1.807, 2.05) is 10.8 Å². The quantitative estimate of drug-likeness (QED) is 0.730. The fourth-order valence-electron chi connectivity index (χ4n) is 1.21. The van der Waals surface area contributed by atoms with Gasteiger partial charge >= 0.3 is 0 Å². The van der Waals surface area contributed by atoms with Gasteiger partial charge in [0.05, 0.1) is 6.61 Å². The van der Waals surface area contributed by atoms with Crippen LogP contribution in [0.1, 0.15) is 19.7 Å². The third-order valence-corrected chi connectivity index (χ3v) is 1.73. The van der Waals surface area contributed by atoms with E-state index in [1.165, 1.54) is 0 Å². The molecule has 0 aliphatic heterocycles. The third-order valence-electron chi connectivity index (χ3n) is 1.73. The minimum absolute atomic E-state index is 0.182. The minimum atomic E-state index is 0.182. The molecular weight excluding hydrogens is 152 g/mol. The Morgan fingerprint density at radius 1 is 1.58 bits per heavy atom. The van der Waals surface area contributed by atoms with Crippen molar-refractivity contribution >= 4 is 0 Å². The topological polar surface area (TPSA) is 38.0 Å². The average Bonchev–Trinajstić information content (AvgIpc) is 2.37. The lowest BCUT2D eigenvalue weighted by Crippen LogP contribution is -2.08. The summed E-state index contributed by atoms with van der Waals surface area (Å²) in [5.74, 6) is 1.68. The molecule has 0 aliphatic carbocycles. The van der Waals surface area contributed by atoms with Crippen LogP contribution in [-0.4, -0.2) is 21.3 Å². The smallest absolute Gasteiger partial charge is 0.108 e. The summed E-state index contributed by atoms with van der Waals surface area (Å²) in [7, 11) is 0. The molecule has 0 spiro atoms. The standard InChI is InChI=1S/C9H16N2O/c1-8(2)7-9-10-3-4-11(9)5-6-12/h3-4,8,12H,5-7H2,1-2H3. The predicted molar refractivity (Wildman–Crippen MR) is 47.9 cm³/mol. The van der Waals surface area contributed by atoms with Crippen molar-refractivity contribution in [2.75, 3.05) is 6.61 Å². The van der Waals surface area contributed by atoms with Crippen LogP contribution in [0.4, 0.5) is 0 Å². The van der Waals surface area contributed by atoms with Gasteiger partial charge in [-0.15, -0.1) is 0 Å². The zero-order valence-electron chi connectivity index (χ0n) is 7.70. The first kappa shape index (κ1) is 9.26. The van der Waals surface area contributed by atoms with E-state index in [2.05, 4.69) is 18.8 Å². The van der Waals surface area contributed by atoms with Gasteiger partial charge < -0.3 is 9.67 Å². The Bertz CT molecular complexity index is 230. The van der Waals surface area contributed by atoms with E-state index in [9.17, 15) is 0 Å². The normalized spacial score (nSPS) is 11.0. The van der Waals surface area contributed by atoms with Crippen LogP contribution in [-0.2, 0) is 13.0 Å². The Morgan fingerprint density at radius 2 is 2.33 bits per heavy atom. The molecule has 0 aromatic carbocycles. The Kier molecular flexibility index (Phi) is 3.29. The van der Waals surface area contributed by atoms with E-state index in [-0.39, 0.29) is 6.61 Å². The lowest BCUT2D eigenvalue weighted by molar-refractivity contribution is 0.273. The summed E-state index contributed by atoms with van der Waals surface area (Å²) >= 11 is 0. The van der Waals surface area contributed by atoms with Gasteiger partial charge in [0, 0.05) is 25.4 Å². The maximum Gasteiger partial charge on any atom is 0.108 e. The maximum absolute atomic E-state index is 8.75. The number of nitrogens with zero attached hydrogens (tertiary/aromatic N) is 2. The molecule has 0 atom stereocenters. The van der Waals surface area contributed by atoms with Crippen LogP contribution in [0.2, 0.25) is 0 Å². The molecule has 1 rings (SSSR count). The summed E-state index contributed by atoms with van der Waals surface area (Å²) in [6.45, 7) is 5.17. The molecule has 12 heavy (non-hydrogen) atoms. The van der Waals surface area contributed by atoms with E-state index in [4.69, 9.17) is 5.11 Å². The molecule has 0 amide bonds. The number of aromatic nitrogens is 2. The lowest BCUT2D eigenvalue weighted by Gasteiger charge is -2.07. The second kappa shape index (κ2) is 4.26. The zero-order valence-corrected chi connectivity index (χ0v) is 7.70.